The van der Waals surface area contributed by atoms with Crippen LogP contribution in [0.5, 0.6) is 0 Å². The van der Waals surface area contributed by atoms with Gasteiger partial charge in [-0.1, -0.05) is 19.0 Å². The number of amidine groups is 1. The summed E-state index contributed by atoms with van der Waals surface area (Å²) in [6, 6.07) is 0. The van der Waals surface area contributed by atoms with E-state index in [4.69, 9.17) is 25.2 Å². The summed E-state index contributed by atoms with van der Waals surface area (Å²) in [5.41, 5.74) is 5.29. The fourth-order valence-corrected chi connectivity index (χ4v) is 1.34. The highest BCUT2D eigenvalue weighted by Crippen LogP contribution is 2.22. The lowest BCUT2D eigenvalue weighted by atomic mass is 9.87. The predicted molar refractivity (Wildman–Crippen MR) is 69.9 cm³/mol. The zero-order valence-corrected chi connectivity index (χ0v) is 11.6. The summed E-state index contributed by atoms with van der Waals surface area (Å²) in [7, 11) is 1.64. The zero-order chi connectivity index (χ0) is 13.9. The van der Waals surface area contributed by atoms with Gasteiger partial charge in [0.25, 0.3) is 0 Å². The van der Waals surface area contributed by atoms with Crippen LogP contribution in [0.25, 0.3) is 0 Å². The second-order valence-electron chi connectivity index (χ2n) is 4.69. The van der Waals surface area contributed by atoms with Gasteiger partial charge in [0.05, 0.1) is 26.4 Å². The fraction of sp³-hybridized carbons (Fsp3) is 0.917. The van der Waals surface area contributed by atoms with Crippen LogP contribution in [0.2, 0.25) is 0 Å². The summed E-state index contributed by atoms with van der Waals surface area (Å²) in [5.74, 6) is 0.255. The number of ether oxygens (including phenoxy) is 3. The second kappa shape index (κ2) is 10.1. The Hall–Kier alpha value is -0.850. The average Bonchev–Trinajstić information content (AvgIpc) is 2.35. The number of methoxy groups -OCH3 is 1. The molecule has 0 aliphatic rings. The van der Waals surface area contributed by atoms with E-state index in [1.807, 2.05) is 13.8 Å². The van der Waals surface area contributed by atoms with Crippen LogP contribution in [0.15, 0.2) is 5.16 Å². The molecule has 0 saturated heterocycles. The van der Waals surface area contributed by atoms with E-state index in [0.29, 0.717) is 33.0 Å². The van der Waals surface area contributed by atoms with Crippen molar-refractivity contribution >= 4 is 5.84 Å². The Kier molecular flexibility index (Phi) is 9.63. The first-order chi connectivity index (χ1) is 8.54. The Morgan fingerprint density at radius 1 is 1.11 bits per heavy atom. The average molecular weight is 262 g/mol. The number of rotatable bonds is 11. The van der Waals surface area contributed by atoms with E-state index < -0.39 is 0 Å². The molecule has 0 fully saturated rings. The highest BCUT2D eigenvalue weighted by Gasteiger charge is 2.22. The highest BCUT2D eigenvalue weighted by atomic mass is 16.5. The highest BCUT2D eigenvalue weighted by molar-refractivity contribution is 5.85. The molecule has 6 heteroatoms. The predicted octanol–water partition coefficient (Wildman–Crippen LogP) is 1.22. The van der Waals surface area contributed by atoms with Crippen LogP contribution in [-0.4, -0.2) is 51.2 Å². The SMILES string of the molecule is COCCOCCOCCCC(C)(C)C(N)=NO. The van der Waals surface area contributed by atoms with E-state index in [2.05, 4.69) is 5.16 Å². The molecule has 0 aromatic heterocycles. The van der Waals surface area contributed by atoms with Crippen molar-refractivity contribution in [1.29, 1.82) is 0 Å². The van der Waals surface area contributed by atoms with Crippen LogP contribution >= 0.6 is 0 Å². The van der Waals surface area contributed by atoms with Gasteiger partial charge in [0.15, 0.2) is 0 Å². The van der Waals surface area contributed by atoms with Crippen molar-refractivity contribution in [2.24, 2.45) is 16.3 Å². The van der Waals surface area contributed by atoms with Gasteiger partial charge in [-0.05, 0) is 12.8 Å². The van der Waals surface area contributed by atoms with E-state index in [-0.39, 0.29) is 11.3 Å². The molecule has 6 nitrogen and oxygen atoms in total. The van der Waals surface area contributed by atoms with Gasteiger partial charge in [0.1, 0.15) is 5.84 Å². The second-order valence-corrected chi connectivity index (χ2v) is 4.69. The molecule has 0 aliphatic carbocycles. The molecule has 18 heavy (non-hydrogen) atoms. The summed E-state index contributed by atoms with van der Waals surface area (Å²) in [5, 5.41) is 11.7. The standard InChI is InChI=1S/C12H26N2O4/c1-12(2,11(13)14-15)5-4-6-17-9-10-18-8-7-16-3/h15H,4-10H2,1-3H3,(H2,13,14). The molecule has 0 aromatic carbocycles. The molecular formula is C12H26N2O4. The number of nitrogens with zero attached hydrogens (tertiary/aromatic N) is 1. The molecule has 0 saturated carbocycles. The van der Waals surface area contributed by atoms with E-state index in [0.717, 1.165) is 12.8 Å². The smallest absolute Gasteiger partial charge is 0.144 e. The first-order valence-electron chi connectivity index (χ1n) is 6.17. The van der Waals surface area contributed by atoms with Gasteiger partial charge in [-0.2, -0.15) is 0 Å². The number of hydrogen-bond acceptors (Lipinski definition) is 5. The topological polar surface area (TPSA) is 86.3 Å². The van der Waals surface area contributed by atoms with Crippen molar-refractivity contribution in [2.45, 2.75) is 26.7 Å². The largest absolute Gasteiger partial charge is 0.409 e. The van der Waals surface area contributed by atoms with Gasteiger partial charge in [-0.3, -0.25) is 0 Å². The maximum absolute atomic E-state index is 8.62. The van der Waals surface area contributed by atoms with E-state index in [1.165, 1.54) is 0 Å². The lowest BCUT2D eigenvalue weighted by molar-refractivity contribution is 0.0232. The lowest BCUT2D eigenvalue weighted by Crippen LogP contribution is -2.32. The van der Waals surface area contributed by atoms with Gasteiger partial charge in [0.2, 0.25) is 0 Å². The third-order valence-corrected chi connectivity index (χ3v) is 2.70. The minimum Gasteiger partial charge on any atom is -0.409 e. The van der Waals surface area contributed by atoms with Crippen LogP contribution in [0, 0.1) is 5.41 Å². The van der Waals surface area contributed by atoms with Gasteiger partial charge in [-0.25, -0.2) is 0 Å². The van der Waals surface area contributed by atoms with Gasteiger partial charge in [0, 0.05) is 19.1 Å². The minimum absolute atomic E-state index is 0.255. The molecule has 0 aliphatic heterocycles. The van der Waals surface area contributed by atoms with Crippen LogP contribution in [0.4, 0.5) is 0 Å². The molecule has 0 rings (SSSR count). The third-order valence-electron chi connectivity index (χ3n) is 2.70. The van der Waals surface area contributed by atoms with Crippen LogP contribution in [0.1, 0.15) is 26.7 Å². The summed E-state index contributed by atoms with van der Waals surface area (Å²) < 4.78 is 15.5. The van der Waals surface area contributed by atoms with Crippen LogP contribution < -0.4 is 5.73 Å². The van der Waals surface area contributed by atoms with Gasteiger partial charge in [-0.15, -0.1) is 0 Å². The van der Waals surface area contributed by atoms with Gasteiger partial charge < -0.3 is 25.2 Å². The number of oxime groups is 1. The Morgan fingerprint density at radius 2 is 1.67 bits per heavy atom. The molecule has 0 amide bonds. The molecule has 0 atom stereocenters. The van der Waals surface area contributed by atoms with E-state index in [1.54, 1.807) is 7.11 Å². The monoisotopic (exact) mass is 262 g/mol. The molecule has 0 heterocycles. The normalized spacial score (nSPS) is 12.9. The summed E-state index contributed by atoms with van der Waals surface area (Å²) in [6.45, 7) is 6.88. The van der Waals surface area contributed by atoms with Crippen LogP contribution in [0.3, 0.4) is 0 Å². The Bertz CT molecular complexity index is 232. The van der Waals surface area contributed by atoms with Gasteiger partial charge >= 0.3 is 0 Å². The van der Waals surface area contributed by atoms with Crippen molar-refractivity contribution in [1.82, 2.24) is 0 Å². The quantitative estimate of drug-likeness (QED) is 0.192. The van der Waals surface area contributed by atoms with E-state index >= 15 is 0 Å². The first-order valence-corrected chi connectivity index (χ1v) is 6.17. The van der Waals surface area contributed by atoms with E-state index in [9.17, 15) is 0 Å². The van der Waals surface area contributed by atoms with Crippen molar-refractivity contribution in [2.75, 3.05) is 40.1 Å². The number of nitrogens with two attached hydrogens (primary N) is 1. The Balaban J connectivity index is 3.40. The summed E-state index contributed by atoms with van der Waals surface area (Å²) in [6.07, 6.45) is 1.68. The summed E-state index contributed by atoms with van der Waals surface area (Å²) in [4.78, 5) is 0. The van der Waals surface area contributed by atoms with Crippen molar-refractivity contribution in [3.63, 3.8) is 0 Å². The lowest BCUT2D eigenvalue weighted by Gasteiger charge is -2.22. The summed E-state index contributed by atoms with van der Waals surface area (Å²) >= 11 is 0. The Morgan fingerprint density at radius 3 is 2.22 bits per heavy atom. The molecule has 108 valence electrons. The molecule has 0 unspecified atom stereocenters. The van der Waals surface area contributed by atoms with Crippen LogP contribution in [-0.2, 0) is 14.2 Å². The van der Waals surface area contributed by atoms with Crippen molar-refractivity contribution in [3.05, 3.63) is 0 Å². The maximum Gasteiger partial charge on any atom is 0.144 e. The first kappa shape index (κ1) is 17.2. The van der Waals surface area contributed by atoms with Crippen molar-refractivity contribution in [3.8, 4) is 0 Å². The van der Waals surface area contributed by atoms with Crippen molar-refractivity contribution < 1.29 is 19.4 Å². The Labute approximate surface area is 109 Å². The molecule has 0 radical (unpaired) electrons. The zero-order valence-electron chi connectivity index (χ0n) is 11.6. The molecule has 3 N–H and O–H groups in total. The third kappa shape index (κ3) is 8.27. The maximum atomic E-state index is 8.62. The molecular weight excluding hydrogens is 236 g/mol. The minimum atomic E-state index is -0.299. The number of hydrogen-bond donors (Lipinski definition) is 2. The molecule has 0 aromatic rings. The molecule has 0 bridgehead atoms. The fourth-order valence-electron chi connectivity index (χ4n) is 1.34. The molecule has 0 spiro atoms.